The molecule has 0 atom stereocenters. The van der Waals surface area contributed by atoms with Gasteiger partial charge in [0, 0.05) is 21.9 Å². The summed E-state index contributed by atoms with van der Waals surface area (Å²) in [6, 6.07) is 31.3. The minimum Gasteiger partial charge on any atom is -0.309 e. The molecule has 0 saturated heterocycles. The largest absolute Gasteiger partial charge is 0.309 e. The second kappa shape index (κ2) is 5.61. The van der Waals surface area contributed by atoms with E-state index in [1.54, 1.807) is 0 Å². The molecule has 0 bridgehead atoms. The van der Waals surface area contributed by atoms with E-state index in [2.05, 4.69) is 110 Å². The van der Waals surface area contributed by atoms with Crippen LogP contribution in [-0.4, -0.2) is 4.57 Å². The third kappa shape index (κ3) is 2.16. The summed E-state index contributed by atoms with van der Waals surface area (Å²) in [7, 11) is 0. The van der Waals surface area contributed by atoms with Crippen LogP contribution in [0.2, 0.25) is 0 Å². The average Bonchev–Trinajstić information content (AvgIpc) is 3.16. The lowest BCUT2D eigenvalue weighted by Gasteiger charge is -2.21. The second-order valence-corrected chi connectivity index (χ2v) is 8.78. The number of rotatable bonds is 1. The van der Waals surface area contributed by atoms with Crippen LogP contribution < -0.4 is 0 Å². The fraction of sp³-hybridized carbons (Fsp3) is 0.143. The van der Waals surface area contributed by atoms with Crippen molar-refractivity contribution in [1.82, 2.24) is 4.57 Å². The lowest BCUT2D eigenvalue weighted by Crippen LogP contribution is -2.14. The van der Waals surface area contributed by atoms with Gasteiger partial charge in [-0.1, -0.05) is 68.4 Å². The van der Waals surface area contributed by atoms with Crippen LogP contribution in [-0.2, 0) is 5.41 Å². The van der Waals surface area contributed by atoms with Gasteiger partial charge in [-0.3, -0.25) is 0 Å². The molecule has 1 heterocycles. The first-order valence-corrected chi connectivity index (χ1v) is 10.3. The number of benzene rings is 4. The topological polar surface area (TPSA) is 4.93 Å². The van der Waals surface area contributed by atoms with Gasteiger partial charge in [0.25, 0.3) is 0 Å². The Bertz CT molecular complexity index is 1420. The second-order valence-electron chi connectivity index (χ2n) is 8.78. The molecule has 1 aromatic heterocycles. The lowest BCUT2D eigenvalue weighted by atomic mass is 9.82. The molecule has 1 nitrogen and oxygen atoms in total. The summed E-state index contributed by atoms with van der Waals surface area (Å²) in [4.78, 5) is 0. The minimum atomic E-state index is 0.0198. The number of nitrogens with zero attached hydrogens (tertiary/aromatic N) is 1. The van der Waals surface area contributed by atoms with Gasteiger partial charge in [0.05, 0.1) is 11.0 Å². The Labute approximate surface area is 171 Å². The molecule has 1 aliphatic rings. The molecule has 0 aliphatic heterocycles. The molecule has 0 spiro atoms. The molecule has 6 rings (SSSR count). The first-order chi connectivity index (χ1) is 14.1. The van der Waals surface area contributed by atoms with Crippen LogP contribution in [0, 0.1) is 6.92 Å². The van der Waals surface area contributed by atoms with Gasteiger partial charge in [-0.15, -0.1) is 0 Å². The van der Waals surface area contributed by atoms with Crippen LogP contribution in [0.25, 0.3) is 38.6 Å². The zero-order valence-electron chi connectivity index (χ0n) is 17.0. The lowest BCUT2D eigenvalue weighted by molar-refractivity contribution is 0.661. The van der Waals surface area contributed by atoms with Crippen molar-refractivity contribution in [3.05, 3.63) is 102 Å². The van der Waals surface area contributed by atoms with Gasteiger partial charge in [0.15, 0.2) is 0 Å². The van der Waals surface area contributed by atoms with Crippen LogP contribution in [0.15, 0.2) is 84.9 Å². The molecule has 0 saturated carbocycles. The van der Waals surface area contributed by atoms with Crippen molar-refractivity contribution in [2.45, 2.75) is 26.2 Å². The third-order valence-electron chi connectivity index (χ3n) is 6.64. The minimum absolute atomic E-state index is 0.0198. The Balaban J connectivity index is 1.80. The van der Waals surface area contributed by atoms with Crippen molar-refractivity contribution < 1.29 is 0 Å². The van der Waals surface area contributed by atoms with E-state index in [0.29, 0.717) is 0 Å². The first kappa shape index (κ1) is 16.6. The summed E-state index contributed by atoms with van der Waals surface area (Å²) < 4.78 is 2.42. The van der Waals surface area contributed by atoms with E-state index in [-0.39, 0.29) is 5.41 Å². The monoisotopic (exact) mass is 373 g/mol. The van der Waals surface area contributed by atoms with Gasteiger partial charge in [0.1, 0.15) is 0 Å². The van der Waals surface area contributed by atoms with Gasteiger partial charge in [-0.2, -0.15) is 0 Å². The number of aryl methyl sites for hydroxylation is 1. The van der Waals surface area contributed by atoms with E-state index >= 15 is 0 Å². The van der Waals surface area contributed by atoms with Crippen LogP contribution in [0.4, 0.5) is 0 Å². The van der Waals surface area contributed by atoms with Crippen LogP contribution >= 0.6 is 0 Å². The van der Waals surface area contributed by atoms with E-state index in [4.69, 9.17) is 0 Å². The summed E-state index contributed by atoms with van der Waals surface area (Å²) >= 11 is 0. The Kier molecular flexibility index (Phi) is 3.21. The van der Waals surface area contributed by atoms with Crippen molar-refractivity contribution in [2.24, 2.45) is 0 Å². The summed E-state index contributed by atoms with van der Waals surface area (Å²) in [5, 5.41) is 2.66. The van der Waals surface area contributed by atoms with Gasteiger partial charge >= 0.3 is 0 Å². The first-order valence-electron chi connectivity index (χ1n) is 10.3. The Morgan fingerprint density at radius 1 is 0.621 bits per heavy atom. The number of aromatic nitrogens is 1. The van der Waals surface area contributed by atoms with Crippen LogP contribution in [0.1, 0.15) is 30.5 Å². The van der Waals surface area contributed by atoms with Crippen molar-refractivity contribution >= 4 is 21.8 Å². The molecule has 5 aromatic rings. The highest BCUT2D eigenvalue weighted by molar-refractivity contribution is 6.11. The summed E-state index contributed by atoms with van der Waals surface area (Å²) in [5.74, 6) is 0. The highest BCUT2D eigenvalue weighted by atomic mass is 15.0. The predicted molar refractivity (Wildman–Crippen MR) is 123 cm³/mol. The van der Waals surface area contributed by atoms with E-state index in [1.165, 1.54) is 55.3 Å². The molecule has 1 aliphatic carbocycles. The van der Waals surface area contributed by atoms with Crippen molar-refractivity contribution in [2.75, 3.05) is 0 Å². The standard InChI is InChI=1S/C28H23N/c1-18-13-14-21-23-16-25-22(20-11-7-8-12-24(20)28(25,2)3)17-27(23)29(26(21)15-18)19-9-5-4-6-10-19/h4-17H,1-3H3. The number of hydrogen-bond acceptors (Lipinski definition) is 0. The van der Waals surface area contributed by atoms with E-state index < -0.39 is 0 Å². The smallest absolute Gasteiger partial charge is 0.0547 e. The molecule has 4 aromatic carbocycles. The number of fused-ring (bicyclic) bond motifs is 6. The molecule has 1 heteroatoms. The quantitative estimate of drug-likeness (QED) is 0.288. The fourth-order valence-electron chi connectivity index (χ4n) is 5.18. The molecular formula is C28H23N. The Morgan fingerprint density at radius 3 is 2.17 bits per heavy atom. The Morgan fingerprint density at radius 2 is 1.34 bits per heavy atom. The molecule has 140 valence electrons. The number of para-hydroxylation sites is 1. The van der Waals surface area contributed by atoms with Gasteiger partial charge in [-0.25, -0.2) is 0 Å². The maximum absolute atomic E-state index is 2.45. The van der Waals surface area contributed by atoms with Crippen molar-refractivity contribution in [1.29, 1.82) is 0 Å². The molecule has 0 unspecified atom stereocenters. The fourth-order valence-corrected chi connectivity index (χ4v) is 5.18. The summed E-state index contributed by atoms with van der Waals surface area (Å²) in [5.41, 5.74) is 10.7. The summed E-state index contributed by atoms with van der Waals surface area (Å²) in [6.07, 6.45) is 0. The van der Waals surface area contributed by atoms with E-state index in [0.717, 1.165) is 0 Å². The maximum atomic E-state index is 2.45. The van der Waals surface area contributed by atoms with Crippen molar-refractivity contribution in [3.8, 4) is 16.8 Å². The zero-order chi connectivity index (χ0) is 19.8. The predicted octanol–water partition coefficient (Wildman–Crippen LogP) is 7.40. The highest BCUT2D eigenvalue weighted by Gasteiger charge is 2.36. The van der Waals surface area contributed by atoms with Crippen LogP contribution in [0.3, 0.4) is 0 Å². The van der Waals surface area contributed by atoms with E-state index in [9.17, 15) is 0 Å². The summed E-state index contributed by atoms with van der Waals surface area (Å²) in [6.45, 7) is 6.87. The zero-order valence-corrected chi connectivity index (χ0v) is 17.0. The van der Waals surface area contributed by atoms with Gasteiger partial charge in [-0.05, 0) is 65.1 Å². The highest BCUT2D eigenvalue weighted by Crippen LogP contribution is 2.50. The Hall–Kier alpha value is -3.32. The third-order valence-corrected chi connectivity index (χ3v) is 6.64. The molecular weight excluding hydrogens is 350 g/mol. The molecule has 0 N–H and O–H groups in total. The number of hydrogen-bond donors (Lipinski definition) is 0. The van der Waals surface area contributed by atoms with E-state index in [1.807, 2.05) is 0 Å². The average molecular weight is 373 g/mol. The molecule has 0 radical (unpaired) electrons. The van der Waals surface area contributed by atoms with Crippen LogP contribution in [0.5, 0.6) is 0 Å². The van der Waals surface area contributed by atoms with Crippen molar-refractivity contribution in [3.63, 3.8) is 0 Å². The normalized spacial score (nSPS) is 14.3. The van der Waals surface area contributed by atoms with Gasteiger partial charge in [0.2, 0.25) is 0 Å². The SMILES string of the molecule is Cc1ccc2c3cc4c(cc3n(-c3ccccc3)c2c1)-c1ccccc1C4(C)C. The molecule has 0 fully saturated rings. The maximum Gasteiger partial charge on any atom is 0.0547 e. The molecule has 0 amide bonds. The van der Waals surface area contributed by atoms with Gasteiger partial charge < -0.3 is 4.57 Å². The molecule has 29 heavy (non-hydrogen) atoms.